The Morgan fingerprint density at radius 3 is 2.33 bits per heavy atom. The third kappa shape index (κ3) is 4.57. The number of hydrogen-bond acceptors (Lipinski definition) is 4. The Morgan fingerprint density at radius 1 is 1.28 bits per heavy atom. The first-order valence-electron chi connectivity index (χ1n) is 6.42. The van der Waals surface area contributed by atoms with E-state index in [1.807, 2.05) is 0 Å². The van der Waals surface area contributed by atoms with Crippen LogP contribution in [-0.2, 0) is 14.6 Å². The highest BCUT2D eigenvalue weighted by atomic mass is 32.2. The van der Waals surface area contributed by atoms with E-state index in [9.17, 15) is 13.2 Å². The van der Waals surface area contributed by atoms with Gasteiger partial charge in [0, 0.05) is 18.8 Å². The lowest BCUT2D eigenvalue weighted by atomic mass is 10.2. The van der Waals surface area contributed by atoms with Gasteiger partial charge in [-0.05, 0) is 26.7 Å². The summed E-state index contributed by atoms with van der Waals surface area (Å²) in [5, 5.41) is 5.87. The maximum Gasteiger partial charge on any atom is 0.234 e. The lowest BCUT2D eigenvalue weighted by molar-refractivity contribution is -0.120. The van der Waals surface area contributed by atoms with E-state index >= 15 is 0 Å². The predicted molar refractivity (Wildman–Crippen MR) is 72.2 cm³/mol. The largest absolute Gasteiger partial charge is 0.352 e. The van der Waals surface area contributed by atoms with Crippen LogP contribution in [0.3, 0.4) is 0 Å². The quantitative estimate of drug-likeness (QED) is 0.739. The number of amides is 1. The van der Waals surface area contributed by atoms with Gasteiger partial charge in [-0.2, -0.15) is 0 Å². The Hall–Kier alpha value is -0.620. The Bertz CT molecular complexity index is 384. The van der Waals surface area contributed by atoms with Gasteiger partial charge in [0.25, 0.3) is 0 Å². The maximum atomic E-state index is 11.6. The van der Waals surface area contributed by atoms with Crippen molar-refractivity contribution >= 4 is 15.7 Å². The molecule has 1 aliphatic carbocycles. The highest BCUT2D eigenvalue weighted by Gasteiger charge is 2.29. The Morgan fingerprint density at radius 2 is 1.83 bits per heavy atom. The van der Waals surface area contributed by atoms with Gasteiger partial charge >= 0.3 is 0 Å². The number of carbonyl (C=O) groups is 1. The Balaban J connectivity index is 2.27. The van der Waals surface area contributed by atoms with Gasteiger partial charge in [0.05, 0.1) is 11.3 Å². The smallest absolute Gasteiger partial charge is 0.234 e. The molecule has 5 nitrogen and oxygen atoms in total. The van der Waals surface area contributed by atoms with Gasteiger partial charge in [-0.15, -0.1) is 0 Å². The number of nitrogens with one attached hydrogen (secondary N) is 2. The Labute approximate surface area is 110 Å². The third-order valence-electron chi connectivity index (χ3n) is 3.56. The molecule has 0 aliphatic heterocycles. The molecule has 1 saturated carbocycles. The predicted octanol–water partition coefficient (Wildman–Crippen LogP) is 0.458. The SMILES string of the molecule is CC(C)(CNCC(=O)NC1CCCC1)S(C)(=O)=O. The molecule has 0 spiro atoms. The molecule has 1 fully saturated rings. The summed E-state index contributed by atoms with van der Waals surface area (Å²) in [5.41, 5.74) is 0. The first kappa shape index (κ1) is 15.4. The average Bonchev–Trinajstić information content (AvgIpc) is 2.68. The normalized spacial score (nSPS) is 17.9. The van der Waals surface area contributed by atoms with Crippen molar-refractivity contribution in [2.24, 2.45) is 0 Å². The Kier molecular flexibility index (Phi) is 5.16. The van der Waals surface area contributed by atoms with E-state index in [1.165, 1.54) is 19.1 Å². The monoisotopic (exact) mass is 276 g/mol. The van der Waals surface area contributed by atoms with Crippen LogP contribution in [0.5, 0.6) is 0 Å². The van der Waals surface area contributed by atoms with Crippen LogP contribution < -0.4 is 10.6 Å². The van der Waals surface area contributed by atoms with Crippen LogP contribution in [0.4, 0.5) is 0 Å². The summed E-state index contributed by atoms with van der Waals surface area (Å²) >= 11 is 0. The van der Waals surface area contributed by atoms with E-state index in [2.05, 4.69) is 10.6 Å². The summed E-state index contributed by atoms with van der Waals surface area (Å²) in [4.78, 5) is 11.6. The first-order chi connectivity index (χ1) is 8.22. The standard InChI is InChI=1S/C12H24N2O3S/c1-12(2,18(3,16)17)9-13-8-11(15)14-10-6-4-5-7-10/h10,13H,4-9H2,1-3H3,(H,14,15). The van der Waals surface area contributed by atoms with Crippen molar-refractivity contribution in [1.82, 2.24) is 10.6 Å². The van der Waals surface area contributed by atoms with Gasteiger partial charge in [-0.3, -0.25) is 4.79 Å². The van der Waals surface area contributed by atoms with Crippen LogP contribution in [0.1, 0.15) is 39.5 Å². The van der Waals surface area contributed by atoms with Gasteiger partial charge in [-0.25, -0.2) is 8.42 Å². The van der Waals surface area contributed by atoms with Gasteiger partial charge in [-0.1, -0.05) is 12.8 Å². The molecule has 0 aromatic carbocycles. The molecule has 1 amide bonds. The van der Waals surface area contributed by atoms with Gasteiger partial charge < -0.3 is 10.6 Å². The molecule has 18 heavy (non-hydrogen) atoms. The minimum atomic E-state index is -3.12. The lowest BCUT2D eigenvalue weighted by Crippen LogP contribution is -2.46. The second-order valence-corrected chi connectivity index (χ2v) is 8.33. The number of hydrogen-bond donors (Lipinski definition) is 2. The van der Waals surface area contributed by atoms with E-state index in [0.717, 1.165) is 12.8 Å². The fourth-order valence-electron chi connectivity index (χ4n) is 1.96. The van der Waals surface area contributed by atoms with E-state index in [4.69, 9.17) is 0 Å². The van der Waals surface area contributed by atoms with Crippen molar-refractivity contribution in [2.75, 3.05) is 19.3 Å². The van der Waals surface area contributed by atoms with Gasteiger partial charge in [0.1, 0.15) is 0 Å². The summed E-state index contributed by atoms with van der Waals surface area (Å²) in [6.45, 7) is 3.77. The molecule has 0 heterocycles. The molecular formula is C12H24N2O3S. The van der Waals surface area contributed by atoms with Crippen molar-refractivity contribution in [2.45, 2.75) is 50.3 Å². The molecule has 6 heteroatoms. The van der Waals surface area contributed by atoms with E-state index < -0.39 is 14.6 Å². The molecule has 0 radical (unpaired) electrons. The first-order valence-corrected chi connectivity index (χ1v) is 8.31. The van der Waals surface area contributed by atoms with Crippen molar-refractivity contribution < 1.29 is 13.2 Å². The van der Waals surface area contributed by atoms with Crippen LogP contribution >= 0.6 is 0 Å². The highest BCUT2D eigenvalue weighted by molar-refractivity contribution is 7.92. The topological polar surface area (TPSA) is 75.3 Å². The molecule has 0 aromatic rings. The molecule has 0 aromatic heterocycles. The zero-order valence-electron chi connectivity index (χ0n) is 11.5. The fraction of sp³-hybridized carbons (Fsp3) is 0.917. The zero-order chi connectivity index (χ0) is 13.8. The summed E-state index contributed by atoms with van der Waals surface area (Å²) in [7, 11) is -3.12. The van der Waals surface area contributed by atoms with E-state index in [0.29, 0.717) is 6.04 Å². The summed E-state index contributed by atoms with van der Waals surface area (Å²) in [6, 6.07) is 0.308. The molecule has 0 bridgehead atoms. The van der Waals surface area contributed by atoms with Crippen LogP contribution in [-0.4, -0.2) is 44.5 Å². The second-order valence-electron chi connectivity index (χ2n) is 5.68. The summed E-state index contributed by atoms with van der Waals surface area (Å²) in [6.07, 6.45) is 5.69. The lowest BCUT2D eigenvalue weighted by Gasteiger charge is -2.23. The van der Waals surface area contributed by atoms with Crippen molar-refractivity contribution in [3.8, 4) is 0 Å². The molecule has 1 aliphatic rings. The van der Waals surface area contributed by atoms with Crippen molar-refractivity contribution in [1.29, 1.82) is 0 Å². The molecule has 106 valence electrons. The summed E-state index contributed by atoms with van der Waals surface area (Å²) < 4.78 is 22.1. The molecule has 0 saturated heterocycles. The minimum Gasteiger partial charge on any atom is -0.352 e. The van der Waals surface area contributed by atoms with Gasteiger partial charge in [0.15, 0.2) is 9.84 Å². The van der Waals surface area contributed by atoms with E-state index in [-0.39, 0.29) is 19.0 Å². The van der Waals surface area contributed by atoms with Crippen LogP contribution in [0.15, 0.2) is 0 Å². The number of sulfone groups is 1. The number of carbonyl (C=O) groups excluding carboxylic acids is 1. The third-order valence-corrected chi connectivity index (χ3v) is 5.71. The minimum absolute atomic E-state index is 0.0498. The van der Waals surface area contributed by atoms with Crippen LogP contribution in [0.2, 0.25) is 0 Å². The molecule has 1 rings (SSSR count). The fourth-order valence-corrected chi connectivity index (χ4v) is 2.32. The van der Waals surface area contributed by atoms with Crippen molar-refractivity contribution in [3.05, 3.63) is 0 Å². The highest BCUT2D eigenvalue weighted by Crippen LogP contribution is 2.17. The van der Waals surface area contributed by atoms with Crippen LogP contribution in [0, 0.1) is 0 Å². The second kappa shape index (κ2) is 6.02. The molecular weight excluding hydrogens is 252 g/mol. The summed E-state index contributed by atoms with van der Waals surface area (Å²) in [5.74, 6) is -0.0498. The number of rotatable bonds is 6. The van der Waals surface area contributed by atoms with Crippen molar-refractivity contribution in [3.63, 3.8) is 0 Å². The van der Waals surface area contributed by atoms with E-state index in [1.54, 1.807) is 13.8 Å². The molecule has 0 atom stereocenters. The zero-order valence-corrected chi connectivity index (χ0v) is 12.3. The van der Waals surface area contributed by atoms with Crippen LogP contribution in [0.25, 0.3) is 0 Å². The average molecular weight is 276 g/mol. The molecule has 0 unspecified atom stereocenters. The van der Waals surface area contributed by atoms with Gasteiger partial charge in [0.2, 0.25) is 5.91 Å². The molecule has 2 N–H and O–H groups in total. The maximum absolute atomic E-state index is 11.6.